The van der Waals surface area contributed by atoms with Crippen LogP contribution in [0.2, 0.25) is 0 Å². The van der Waals surface area contributed by atoms with Crippen molar-refractivity contribution in [1.82, 2.24) is 0 Å². The highest BCUT2D eigenvalue weighted by atomic mass is 14.0. The fourth-order valence-corrected chi connectivity index (χ4v) is 3.48. The molecule has 0 aliphatic heterocycles. The van der Waals surface area contributed by atoms with Crippen LogP contribution in [0.1, 0.15) is 68.2 Å². The molecular formula is C31H32. The minimum Gasteiger partial charge on any atom is -0.103 e. The van der Waals surface area contributed by atoms with Crippen molar-refractivity contribution in [3.05, 3.63) is 95.1 Å². The maximum Gasteiger partial charge on any atom is 0.0249 e. The summed E-state index contributed by atoms with van der Waals surface area (Å²) in [5.41, 5.74) is 7.35. The van der Waals surface area contributed by atoms with E-state index in [0.717, 1.165) is 49.7 Å². The van der Waals surface area contributed by atoms with Crippen molar-refractivity contribution in [2.45, 2.75) is 58.8 Å². The molecule has 0 saturated heterocycles. The van der Waals surface area contributed by atoms with Gasteiger partial charge in [-0.2, -0.15) is 0 Å². The number of rotatable bonds is 7. The average Bonchev–Trinajstić information content (AvgIpc) is 2.82. The summed E-state index contributed by atoms with van der Waals surface area (Å²) in [6.07, 6.45) is 7.67. The van der Waals surface area contributed by atoms with Crippen LogP contribution in [0, 0.1) is 23.7 Å². The highest BCUT2D eigenvalue weighted by Gasteiger charge is 1.99. The van der Waals surface area contributed by atoms with Crippen molar-refractivity contribution in [3.63, 3.8) is 0 Å². The molecule has 3 aromatic rings. The number of hydrogen-bond donors (Lipinski definition) is 0. The van der Waals surface area contributed by atoms with Crippen molar-refractivity contribution >= 4 is 0 Å². The second kappa shape index (κ2) is 12.5. The van der Waals surface area contributed by atoms with Crippen LogP contribution in [0.5, 0.6) is 0 Å². The van der Waals surface area contributed by atoms with E-state index in [1.807, 2.05) is 0 Å². The number of unbranched alkanes of at least 4 members (excludes halogenated alkanes) is 2. The third kappa shape index (κ3) is 7.51. The fourth-order valence-electron chi connectivity index (χ4n) is 3.48. The Kier molecular flexibility index (Phi) is 9.04. The van der Waals surface area contributed by atoms with Crippen molar-refractivity contribution in [1.29, 1.82) is 0 Å². The summed E-state index contributed by atoms with van der Waals surface area (Å²) in [4.78, 5) is 0. The zero-order valence-electron chi connectivity index (χ0n) is 18.9. The van der Waals surface area contributed by atoms with E-state index in [2.05, 4.69) is 110 Å². The largest absolute Gasteiger partial charge is 0.103 e. The molecular weight excluding hydrogens is 372 g/mol. The summed E-state index contributed by atoms with van der Waals surface area (Å²) in [7, 11) is 0. The molecule has 0 unspecified atom stereocenters. The van der Waals surface area contributed by atoms with Gasteiger partial charge in [-0.3, -0.25) is 0 Å². The lowest BCUT2D eigenvalue weighted by Crippen LogP contribution is -1.85. The maximum absolute atomic E-state index is 3.29. The molecule has 0 spiro atoms. The molecule has 3 aromatic carbocycles. The minimum atomic E-state index is 0.987. The molecule has 0 aromatic heterocycles. The van der Waals surface area contributed by atoms with Gasteiger partial charge in [0.1, 0.15) is 0 Å². The molecule has 0 amide bonds. The molecule has 0 heteroatoms. The van der Waals surface area contributed by atoms with E-state index in [4.69, 9.17) is 0 Å². The monoisotopic (exact) mass is 404 g/mol. The molecule has 0 fully saturated rings. The number of hydrogen-bond acceptors (Lipinski definition) is 0. The van der Waals surface area contributed by atoms with Crippen molar-refractivity contribution in [2.24, 2.45) is 0 Å². The zero-order chi connectivity index (χ0) is 21.7. The second-order valence-electron chi connectivity index (χ2n) is 7.93. The number of aryl methyl sites for hydroxylation is 2. The standard InChI is InChI=1S/C31H32/c1-3-5-6-7-8-9-11-27-12-14-28(15-13-27)16-17-29-20-24-31(25-21-29)30-22-18-26(10-4-2)19-23-30/h12-15,18-25H,3-5,8-11H2,1-2H3. The van der Waals surface area contributed by atoms with Crippen LogP contribution in [0.4, 0.5) is 0 Å². The molecule has 0 aliphatic carbocycles. The molecule has 3 rings (SSSR count). The van der Waals surface area contributed by atoms with Crippen LogP contribution in [-0.4, -0.2) is 0 Å². The van der Waals surface area contributed by atoms with Crippen LogP contribution in [0.25, 0.3) is 11.1 Å². The number of benzene rings is 3. The van der Waals surface area contributed by atoms with Crippen LogP contribution < -0.4 is 0 Å². The second-order valence-corrected chi connectivity index (χ2v) is 7.93. The minimum absolute atomic E-state index is 0.987. The van der Waals surface area contributed by atoms with E-state index in [9.17, 15) is 0 Å². The van der Waals surface area contributed by atoms with Gasteiger partial charge in [-0.25, -0.2) is 0 Å². The lowest BCUT2D eigenvalue weighted by Gasteiger charge is -2.04. The Morgan fingerprint density at radius 1 is 0.516 bits per heavy atom. The highest BCUT2D eigenvalue weighted by Crippen LogP contribution is 2.20. The van der Waals surface area contributed by atoms with Gasteiger partial charge >= 0.3 is 0 Å². The molecule has 0 N–H and O–H groups in total. The highest BCUT2D eigenvalue weighted by molar-refractivity contribution is 5.64. The normalized spacial score (nSPS) is 10.0. The van der Waals surface area contributed by atoms with Gasteiger partial charge in [0.2, 0.25) is 0 Å². The summed E-state index contributed by atoms with van der Waals surface area (Å²) < 4.78 is 0. The molecule has 0 radical (unpaired) electrons. The molecule has 31 heavy (non-hydrogen) atoms. The van der Waals surface area contributed by atoms with Gasteiger partial charge < -0.3 is 0 Å². The van der Waals surface area contributed by atoms with Crippen molar-refractivity contribution < 1.29 is 0 Å². The van der Waals surface area contributed by atoms with E-state index in [0.29, 0.717) is 0 Å². The first-order valence-electron chi connectivity index (χ1n) is 11.5. The maximum atomic E-state index is 3.29. The summed E-state index contributed by atoms with van der Waals surface area (Å²) in [5.74, 6) is 13.0. The molecule has 0 saturated carbocycles. The molecule has 0 atom stereocenters. The average molecular weight is 405 g/mol. The van der Waals surface area contributed by atoms with E-state index >= 15 is 0 Å². The van der Waals surface area contributed by atoms with Gasteiger partial charge in [0.05, 0.1) is 0 Å². The van der Waals surface area contributed by atoms with Crippen LogP contribution in [0.15, 0.2) is 72.8 Å². The van der Waals surface area contributed by atoms with Gasteiger partial charge in [-0.1, -0.05) is 80.6 Å². The Labute approximate surface area is 188 Å². The first-order valence-corrected chi connectivity index (χ1v) is 11.5. The Balaban J connectivity index is 1.55. The Bertz CT molecular complexity index is 1040. The van der Waals surface area contributed by atoms with Crippen LogP contribution in [0.3, 0.4) is 0 Å². The van der Waals surface area contributed by atoms with Gasteiger partial charge in [0.15, 0.2) is 0 Å². The topological polar surface area (TPSA) is 0 Å². The Morgan fingerprint density at radius 3 is 1.58 bits per heavy atom. The third-order valence-corrected chi connectivity index (χ3v) is 5.28. The van der Waals surface area contributed by atoms with Crippen LogP contribution >= 0.6 is 0 Å². The third-order valence-electron chi connectivity index (χ3n) is 5.28. The Hall–Kier alpha value is -3.22. The summed E-state index contributed by atoms with van der Waals surface area (Å²) in [6, 6.07) is 26.0. The van der Waals surface area contributed by atoms with Gasteiger partial charge in [0.25, 0.3) is 0 Å². The fraction of sp³-hybridized carbons (Fsp3) is 0.290. The van der Waals surface area contributed by atoms with E-state index < -0.39 is 0 Å². The summed E-state index contributed by atoms with van der Waals surface area (Å²) >= 11 is 0. The lowest BCUT2D eigenvalue weighted by molar-refractivity contribution is 0.855. The van der Waals surface area contributed by atoms with E-state index in [1.165, 1.54) is 28.7 Å². The van der Waals surface area contributed by atoms with Crippen molar-refractivity contribution in [2.75, 3.05) is 0 Å². The smallest absolute Gasteiger partial charge is 0.0249 e. The predicted molar refractivity (Wildman–Crippen MR) is 134 cm³/mol. The predicted octanol–water partition coefficient (Wildman–Crippen LogP) is 7.83. The lowest BCUT2D eigenvalue weighted by atomic mass is 10.0. The molecule has 0 aliphatic rings. The van der Waals surface area contributed by atoms with E-state index in [-0.39, 0.29) is 0 Å². The van der Waals surface area contributed by atoms with Gasteiger partial charge in [-0.15, -0.1) is 11.8 Å². The van der Waals surface area contributed by atoms with Gasteiger partial charge in [0, 0.05) is 24.0 Å². The SMILES string of the molecule is CCCC#CCCCc1ccc(C#Cc2ccc(-c3ccc(CCC)cc3)cc2)cc1. The molecule has 0 nitrogen and oxygen atoms in total. The Morgan fingerprint density at radius 2 is 1.00 bits per heavy atom. The van der Waals surface area contributed by atoms with E-state index in [1.54, 1.807) is 0 Å². The molecule has 0 bridgehead atoms. The van der Waals surface area contributed by atoms with Gasteiger partial charge in [-0.05, 0) is 72.2 Å². The quantitative estimate of drug-likeness (QED) is 0.278. The zero-order valence-corrected chi connectivity index (χ0v) is 18.9. The first kappa shape index (κ1) is 22.5. The summed E-state index contributed by atoms with van der Waals surface area (Å²) in [5, 5.41) is 0. The molecule has 0 heterocycles. The van der Waals surface area contributed by atoms with Crippen LogP contribution in [-0.2, 0) is 12.8 Å². The molecule has 156 valence electrons. The first-order chi connectivity index (χ1) is 15.3. The van der Waals surface area contributed by atoms with Crippen molar-refractivity contribution in [3.8, 4) is 34.8 Å². The summed E-state index contributed by atoms with van der Waals surface area (Å²) in [6.45, 7) is 4.38.